The number of nitrogens with zero attached hydrogens (tertiary/aromatic N) is 1. The van der Waals surface area contributed by atoms with E-state index >= 15 is 0 Å². The van der Waals surface area contributed by atoms with Crippen molar-refractivity contribution in [2.45, 2.75) is 0 Å². The lowest BCUT2D eigenvalue weighted by atomic mass is 9.91. The van der Waals surface area contributed by atoms with Crippen LogP contribution >= 0.6 is 11.3 Å². The predicted octanol–water partition coefficient (Wildman–Crippen LogP) is 13.4. The second kappa shape index (κ2) is 10.1. The van der Waals surface area contributed by atoms with Gasteiger partial charge in [-0.05, 0) is 94.5 Å². The highest BCUT2D eigenvalue weighted by Gasteiger charge is 2.19. The highest BCUT2D eigenvalue weighted by atomic mass is 32.1. The molecule has 7 aromatic carbocycles. The van der Waals surface area contributed by atoms with E-state index in [2.05, 4.69) is 127 Å². The molecule has 11 aromatic rings. The van der Waals surface area contributed by atoms with Crippen molar-refractivity contribution in [3.05, 3.63) is 152 Å². The van der Waals surface area contributed by atoms with E-state index in [0.29, 0.717) is 0 Å². The van der Waals surface area contributed by atoms with Gasteiger partial charge in [-0.15, -0.1) is 11.3 Å². The highest BCUT2D eigenvalue weighted by Crippen LogP contribution is 2.45. The van der Waals surface area contributed by atoms with Gasteiger partial charge in [0.1, 0.15) is 22.3 Å². The third-order valence-corrected chi connectivity index (χ3v) is 11.0. The van der Waals surface area contributed by atoms with Gasteiger partial charge >= 0.3 is 0 Å². The monoisotopic (exact) mass is 643 g/mol. The van der Waals surface area contributed by atoms with E-state index in [-0.39, 0.29) is 0 Å². The van der Waals surface area contributed by atoms with Crippen molar-refractivity contribution in [1.82, 2.24) is 4.98 Å². The van der Waals surface area contributed by atoms with E-state index in [1.165, 1.54) is 20.3 Å². The number of para-hydroxylation sites is 3. The number of aromatic nitrogens is 1. The summed E-state index contributed by atoms with van der Waals surface area (Å²) in [4.78, 5) is 5.22. The highest BCUT2D eigenvalue weighted by molar-refractivity contribution is 7.26. The smallest absolute Gasteiger partial charge is 0.135 e. The Morgan fingerprint density at radius 3 is 1.55 bits per heavy atom. The molecule has 228 valence electrons. The lowest BCUT2D eigenvalue weighted by Crippen LogP contribution is -1.90. The fourth-order valence-corrected chi connectivity index (χ4v) is 8.76. The van der Waals surface area contributed by atoms with Crippen molar-refractivity contribution in [2.24, 2.45) is 0 Å². The Morgan fingerprint density at radius 2 is 0.898 bits per heavy atom. The fraction of sp³-hybridized carbons (Fsp3) is 0. The van der Waals surface area contributed by atoms with Crippen molar-refractivity contribution >= 4 is 86.4 Å². The molecule has 0 saturated carbocycles. The first-order valence-corrected chi connectivity index (χ1v) is 17.3. The number of pyridine rings is 1. The maximum atomic E-state index is 6.21. The van der Waals surface area contributed by atoms with Crippen molar-refractivity contribution in [2.75, 3.05) is 0 Å². The molecule has 0 N–H and O–H groups in total. The van der Waals surface area contributed by atoms with Crippen LogP contribution < -0.4 is 0 Å². The molecule has 0 aliphatic rings. The van der Waals surface area contributed by atoms with E-state index in [0.717, 1.165) is 88.1 Å². The molecule has 0 fully saturated rings. The molecule has 0 saturated heterocycles. The molecule has 4 heterocycles. The Hall–Kier alpha value is -6.23. The molecular formula is C45H25NO2S. The van der Waals surface area contributed by atoms with Gasteiger partial charge in [0.25, 0.3) is 0 Å². The van der Waals surface area contributed by atoms with Gasteiger partial charge in [0.05, 0.1) is 15.7 Å². The molecule has 49 heavy (non-hydrogen) atoms. The predicted molar refractivity (Wildman–Crippen MR) is 205 cm³/mol. The van der Waals surface area contributed by atoms with Crippen LogP contribution in [-0.2, 0) is 0 Å². The van der Waals surface area contributed by atoms with Crippen LogP contribution in [0, 0.1) is 0 Å². The van der Waals surface area contributed by atoms with Crippen LogP contribution in [0.4, 0.5) is 0 Å². The van der Waals surface area contributed by atoms with E-state index in [1.807, 2.05) is 35.6 Å². The van der Waals surface area contributed by atoms with Gasteiger partial charge in [-0.2, -0.15) is 0 Å². The quantitative estimate of drug-likeness (QED) is 0.192. The second-order valence-electron chi connectivity index (χ2n) is 12.7. The van der Waals surface area contributed by atoms with Crippen LogP contribution in [0.2, 0.25) is 0 Å². The van der Waals surface area contributed by atoms with Crippen LogP contribution in [0.1, 0.15) is 0 Å². The first-order valence-electron chi connectivity index (χ1n) is 16.4. The molecule has 0 radical (unpaired) electrons. The first kappa shape index (κ1) is 26.8. The number of benzene rings is 7. The zero-order valence-corrected chi connectivity index (χ0v) is 26.9. The van der Waals surface area contributed by atoms with Crippen molar-refractivity contribution < 1.29 is 8.83 Å². The molecule has 0 atom stereocenters. The minimum atomic E-state index is 0.894. The van der Waals surface area contributed by atoms with E-state index in [9.17, 15) is 0 Å². The number of hydrogen-bond donors (Lipinski definition) is 0. The second-order valence-corrected chi connectivity index (χ2v) is 13.7. The number of hydrogen-bond acceptors (Lipinski definition) is 4. The van der Waals surface area contributed by atoms with Crippen molar-refractivity contribution in [1.29, 1.82) is 0 Å². The summed E-state index contributed by atoms with van der Waals surface area (Å²) in [5.74, 6) is 0. The summed E-state index contributed by atoms with van der Waals surface area (Å²) in [6, 6.07) is 53.8. The summed E-state index contributed by atoms with van der Waals surface area (Å²) in [6.45, 7) is 0. The van der Waals surface area contributed by atoms with Crippen LogP contribution in [0.5, 0.6) is 0 Å². The summed E-state index contributed by atoms with van der Waals surface area (Å²) in [6.07, 6.45) is 0. The Kier molecular flexibility index (Phi) is 5.54. The average Bonchev–Trinajstić information content (AvgIpc) is 3.84. The molecular weight excluding hydrogens is 619 g/mol. The van der Waals surface area contributed by atoms with Crippen molar-refractivity contribution in [3.63, 3.8) is 0 Å². The fourth-order valence-electron chi connectivity index (χ4n) is 7.54. The molecule has 0 amide bonds. The van der Waals surface area contributed by atoms with Crippen molar-refractivity contribution in [3.8, 4) is 33.4 Å². The van der Waals surface area contributed by atoms with Crippen LogP contribution in [0.25, 0.3) is 108 Å². The molecule has 11 rings (SSSR count). The van der Waals surface area contributed by atoms with Crippen LogP contribution in [-0.4, -0.2) is 4.98 Å². The van der Waals surface area contributed by atoms with Gasteiger partial charge in [0, 0.05) is 42.6 Å². The normalized spacial score (nSPS) is 12.1. The largest absolute Gasteiger partial charge is 0.456 e. The molecule has 0 aliphatic heterocycles. The van der Waals surface area contributed by atoms with Gasteiger partial charge in [0.2, 0.25) is 0 Å². The van der Waals surface area contributed by atoms with Gasteiger partial charge < -0.3 is 8.83 Å². The zero-order chi connectivity index (χ0) is 32.1. The van der Waals surface area contributed by atoms with E-state index < -0.39 is 0 Å². The summed E-state index contributed by atoms with van der Waals surface area (Å²) in [5.41, 5.74) is 12.6. The van der Waals surface area contributed by atoms with Gasteiger partial charge in [-0.1, -0.05) is 84.9 Å². The molecule has 0 unspecified atom stereocenters. The number of rotatable bonds is 3. The van der Waals surface area contributed by atoms with Crippen LogP contribution in [0.15, 0.2) is 160 Å². The topological polar surface area (TPSA) is 39.2 Å². The number of thiophene rings is 1. The van der Waals surface area contributed by atoms with Gasteiger partial charge in [-0.25, -0.2) is 4.98 Å². The maximum Gasteiger partial charge on any atom is 0.135 e. The van der Waals surface area contributed by atoms with Crippen LogP contribution in [0.3, 0.4) is 0 Å². The molecule has 3 nitrogen and oxygen atoms in total. The standard InChI is InChI=1S/C45H25NO2S/c1-5-13-37-33(11-1)43(45-44(46-37)34-12-4-8-16-42(34)49-45)30-22-28(26-17-19-40-35(24-26)31-9-2-6-14-38(31)47-40)21-29(23-30)27-18-20-41-36(25-27)32-10-3-7-15-39(32)48-41/h1-25H. The first-order chi connectivity index (χ1) is 24.2. The molecule has 0 aliphatic carbocycles. The number of fused-ring (bicyclic) bond motifs is 10. The summed E-state index contributed by atoms with van der Waals surface area (Å²) in [7, 11) is 0. The third-order valence-electron chi connectivity index (χ3n) is 9.84. The van der Waals surface area contributed by atoms with Gasteiger partial charge in [-0.3, -0.25) is 0 Å². The average molecular weight is 644 g/mol. The summed E-state index contributed by atoms with van der Waals surface area (Å²) >= 11 is 1.82. The SMILES string of the molecule is c1ccc2c(-c3cc(-c4ccc5oc6ccccc6c5c4)cc(-c4ccc5oc6ccccc6c5c4)c3)c3sc4ccccc4c3nc2c1. The maximum absolute atomic E-state index is 6.21. The Morgan fingerprint density at radius 1 is 0.388 bits per heavy atom. The molecule has 4 heteroatoms. The zero-order valence-electron chi connectivity index (χ0n) is 26.1. The Labute approximate surface area is 284 Å². The molecule has 4 aromatic heterocycles. The third kappa shape index (κ3) is 4.05. The Bertz CT molecular complexity index is 2990. The summed E-state index contributed by atoms with van der Waals surface area (Å²) in [5, 5.41) is 6.83. The lowest BCUT2D eigenvalue weighted by Gasteiger charge is -2.14. The lowest BCUT2D eigenvalue weighted by molar-refractivity contribution is 0.668. The molecule has 0 spiro atoms. The Balaban J connectivity index is 1.22. The minimum absolute atomic E-state index is 0.894. The van der Waals surface area contributed by atoms with Gasteiger partial charge in [0.15, 0.2) is 0 Å². The molecule has 0 bridgehead atoms. The number of furan rings is 2. The van der Waals surface area contributed by atoms with E-state index in [1.54, 1.807) is 0 Å². The minimum Gasteiger partial charge on any atom is -0.456 e. The summed E-state index contributed by atoms with van der Waals surface area (Å²) < 4.78 is 14.9. The van der Waals surface area contributed by atoms with E-state index in [4.69, 9.17) is 13.8 Å².